The Morgan fingerprint density at radius 2 is 1.81 bits per heavy atom. The molecule has 1 aromatic heterocycles. The Kier molecular flexibility index (Phi) is 6.45. The SMILES string of the molecule is CS(=O)(=O)N[C@H]1CCCN(C(=O)Nc2csc3cccc(-c4c(F)cccc4F)c23)CC1. The number of rotatable bonds is 4. The molecule has 1 fully saturated rings. The highest BCUT2D eigenvalue weighted by Crippen LogP contribution is 2.40. The number of sulfonamides is 1. The summed E-state index contributed by atoms with van der Waals surface area (Å²) in [7, 11) is -3.31. The monoisotopic (exact) mass is 479 g/mol. The molecule has 1 aliphatic heterocycles. The molecule has 3 aromatic rings. The smallest absolute Gasteiger partial charge is 0.321 e. The van der Waals surface area contributed by atoms with Gasteiger partial charge in [-0.3, -0.25) is 0 Å². The number of fused-ring (bicyclic) bond motifs is 1. The van der Waals surface area contributed by atoms with E-state index in [2.05, 4.69) is 10.0 Å². The summed E-state index contributed by atoms with van der Waals surface area (Å²) < 4.78 is 55.4. The fourth-order valence-electron chi connectivity index (χ4n) is 4.06. The van der Waals surface area contributed by atoms with Crippen molar-refractivity contribution >= 4 is 43.2 Å². The van der Waals surface area contributed by atoms with Crippen LogP contribution in [0.1, 0.15) is 19.3 Å². The van der Waals surface area contributed by atoms with Crippen molar-refractivity contribution in [3.63, 3.8) is 0 Å². The lowest BCUT2D eigenvalue weighted by Gasteiger charge is -2.21. The van der Waals surface area contributed by atoms with Crippen molar-refractivity contribution in [1.29, 1.82) is 0 Å². The average Bonchev–Trinajstić information content (AvgIpc) is 2.98. The van der Waals surface area contributed by atoms with Crippen LogP contribution in [0.4, 0.5) is 19.3 Å². The molecule has 32 heavy (non-hydrogen) atoms. The number of hydrogen-bond donors (Lipinski definition) is 2. The lowest BCUT2D eigenvalue weighted by atomic mass is 10.00. The maximum absolute atomic E-state index is 14.5. The second kappa shape index (κ2) is 9.13. The minimum atomic E-state index is -3.31. The number of benzene rings is 2. The predicted octanol–water partition coefficient (Wildman–Crippen LogP) is 4.78. The van der Waals surface area contributed by atoms with E-state index in [9.17, 15) is 22.0 Å². The molecule has 4 rings (SSSR count). The number of hydrogen-bond acceptors (Lipinski definition) is 4. The molecule has 2 N–H and O–H groups in total. The van der Waals surface area contributed by atoms with Crippen molar-refractivity contribution in [3.05, 3.63) is 53.4 Å². The number of carbonyl (C=O) groups excluding carboxylic acids is 1. The van der Waals surface area contributed by atoms with E-state index >= 15 is 0 Å². The van der Waals surface area contributed by atoms with Crippen LogP contribution in [0.15, 0.2) is 41.8 Å². The van der Waals surface area contributed by atoms with E-state index in [1.807, 2.05) is 6.07 Å². The molecule has 0 bridgehead atoms. The van der Waals surface area contributed by atoms with E-state index in [1.54, 1.807) is 22.4 Å². The Labute approximate surface area is 189 Å². The van der Waals surface area contributed by atoms with Crippen LogP contribution in [0, 0.1) is 11.6 Å². The summed E-state index contributed by atoms with van der Waals surface area (Å²) >= 11 is 1.38. The van der Waals surface area contributed by atoms with Crippen molar-refractivity contribution in [3.8, 4) is 11.1 Å². The number of nitrogens with one attached hydrogen (secondary N) is 2. The first-order valence-corrected chi connectivity index (χ1v) is 13.0. The highest BCUT2D eigenvalue weighted by Gasteiger charge is 2.24. The van der Waals surface area contributed by atoms with Gasteiger partial charge in [0.2, 0.25) is 10.0 Å². The molecule has 1 aliphatic rings. The van der Waals surface area contributed by atoms with Crippen LogP contribution >= 0.6 is 11.3 Å². The van der Waals surface area contributed by atoms with Gasteiger partial charge in [-0.1, -0.05) is 18.2 Å². The summed E-state index contributed by atoms with van der Waals surface area (Å²) in [5.41, 5.74) is 0.739. The second-order valence-corrected chi connectivity index (χ2v) is 10.6. The molecule has 2 heterocycles. The molecule has 2 amide bonds. The number of urea groups is 1. The molecule has 0 unspecified atom stereocenters. The lowest BCUT2D eigenvalue weighted by Crippen LogP contribution is -2.37. The van der Waals surface area contributed by atoms with Gasteiger partial charge in [-0.15, -0.1) is 11.3 Å². The Balaban J connectivity index is 1.58. The zero-order chi connectivity index (χ0) is 22.9. The van der Waals surface area contributed by atoms with Gasteiger partial charge in [0.05, 0.1) is 17.5 Å². The van der Waals surface area contributed by atoms with Crippen molar-refractivity contribution in [2.24, 2.45) is 0 Å². The molecule has 0 aliphatic carbocycles. The van der Waals surface area contributed by atoms with Crippen molar-refractivity contribution in [2.45, 2.75) is 25.3 Å². The van der Waals surface area contributed by atoms with Gasteiger partial charge in [-0.05, 0) is 43.0 Å². The highest BCUT2D eigenvalue weighted by atomic mass is 32.2. The van der Waals surface area contributed by atoms with Gasteiger partial charge < -0.3 is 10.2 Å². The molecule has 6 nitrogen and oxygen atoms in total. The maximum atomic E-state index is 14.5. The van der Waals surface area contributed by atoms with Crippen molar-refractivity contribution in [1.82, 2.24) is 9.62 Å². The third-order valence-electron chi connectivity index (χ3n) is 5.47. The molecule has 0 saturated carbocycles. The number of anilines is 1. The number of nitrogens with zero attached hydrogens (tertiary/aromatic N) is 1. The Morgan fingerprint density at radius 1 is 1.09 bits per heavy atom. The molecular formula is C22H23F2N3O3S2. The van der Waals surface area contributed by atoms with Crippen LogP contribution in [0.3, 0.4) is 0 Å². The molecule has 0 radical (unpaired) electrons. The minimum absolute atomic E-state index is 0.128. The third kappa shape index (κ3) is 4.92. The first kappa shape index (κ1) is 22.6. The zero-order valence-electron chi connectivity index (χ0n) is 17.4. The molecule has 170 valence electrons. The highest BCUT2D eigenvalue weighted by molar-refractivity contribution is 7.88. The van der Waals surface area contributed by atoms with E-state index in [-0.39, 0.29) is 17.6 Å². The van der Waals surface area contributed by atoms with Crippen LogP contribution in [0.5, 0.6) is 0 Å². The fraction of sp³-hybridized carbons (Fsp3) is 0.318. The average molecular weight is 480 g/mol. The molecule has 0 spiro atoms. The Morgan fingerprint density at radius 3 is 2.53 bits per heavy atom. The van der Waals surface area contributed by atoms with Crippen molar-refractivity contribution < 1.29 is 22.0 Å². The first-order valence-electron chi connectivity index (χ1n) is 10.2. The van der Waals surface area contributed by atoms with E-state index in [1.165, 1.54) is 29.5 Å². The van der Waals surface area contributed by atoms with Crippen LogP contribution < -0.4 is 10.0 Å². The minimum Gasteiger partial charge on any atom is -0.324 e. The molecule has 2 aromatic carbocycles. The molecular weight excluding hydrogens is 456 g/mol. The Bertz CT molecular complexity index is 1240. The quantitative estimate of drug-likeness (QED) is 0.565. The van der Waals surface area contributed by atoms with Gasteiger partial charge in [0.25, 0.3) is 0 Å². The van der Waals surface area contributed by atoms with E-state index < -0.39 is 21.7 Å². The number of halogens is 2. The molecule has 10 heteroatoms. The normalized spacial score (nSPS) is 17.3. The number of amides is 2. The van der Waals surface area contributed by atoms with E-state index in [0.29, 0.717) is 49.0 Å². The van der Waals surface area contributed by atoms with Gasteiger partial charge in [0.1, 0.15) is 11.6 Å². The first-order chi connectivity index (χ1) is 15.2. The number of carbonyl (C=O) groups is 1. The van der Waals surface area contributed by atoms with Gasteiger partial charge in [0, 0.05) is 34.6 Å². The largest absolute Gasteiger partial charge is 0.324 e. The van der Waals surface area contributed by atoms with Crippen LogP contribution in [0.2, 0.25) is 0 Å². The zero-order valence-corrected chi connectivity index (χ0v) is 19.0. The standard InChI is InChI=1S/C22H23F2N3O3S2/c1-32(29,30)26-14-5-4-11-27(12-10-14)22(28)25-18-13-31-19-9-2-6-15(21(18)19)20-16(23)7-3-8-17(20)24/h2-3,6-9,13-14,26H,4-5,10-12H2,1H3,(H,25,28)/t14-/m0/s1. The van der Waals surface area contributed by atoms with Gasteiger partial charge in [-0.2, -0.15) is 0 Å². The number of likely N-dealkylation sites (tertiary alicyclic amines) is 1. The molecule has 1 atom stereocenters. The summed E-state index contributed by atoms with van der Waals surface area (Å²) in [6.45, 7) is 0.889. The summed E-state index contributed by atoms with van der Waals surface area (Å²) in [6.07, 6.45) is 2.95. The maximum Gasteiger partial charge on any atom is 0.321 e. The summed E-state index contributed by atoms with van der Waals surface area (Å²) in [5, 5.41) is 5.23. The number of thiophene rings is 1. The van der Waals surface area contributed by atoms with Crippen LogP contribution in [0.25, 0.3) is 21.2 Å². The second-order valence-electron chi connectivity index (χ2n) is 7.86. The topological polar surface area (TPSA) is 78.5 Å². The van der Waals surface area contributed by atoms with Crippen LogP contribution in [-0.4, -0.2) is 44.7 Å². The van der Waals surface area contributed by atoms with Gasteiger partial charge in [0.15, 0.2) is 0 Å². The fourth-order valence-corrected chi connectivity index (χ4v) is 5.82. The Hall–Kier alpha value is -2.56. The summed E-state index contributed by atoms with van der Waals surface area (Å²) in [5.74, 6) is -1.34. The van der Waals surface area contributed by atoms with Gasteiger partial charge in [-0.25, -0.2) is 26.7 Å². The summed E-state index contributed by atoms with van der Waals surface area (Å²) in [6, 6.07) is 8.41. The van der Waals surface area contributed by atoms with E-state index in [4.69, 9.17) is 0 Å². The predicted molar refractivity (Wildman–Crippen MR) is 123 cm³/mol. The third-order valence-corrected chi connectivity index (χ3v) is 7.18. The summed E-state index contributed by atoms with van der Waals surface area (Å²) in [4.78, 5) is 14.6. The van der Waals surface area contributed by atoms with Gasteiger partial charge >= 0.3 is 6.03 Å². The van der Waals surface area contributed by atoms with E-state index in [0.717, 1.165) is 11.0 Å². The lowest BCUT2D eigenvalue weighted by molar-refractivity contribution is 0.213. The van der Waals surface area contributed by atoms with Crippen molar-refractivity contribution in [2.75, 3.05) is 24.7 Å². The molecule has 1 saturated heterocycles. The van der Waals surface area contributed by atoms with Crippen LogP contribution in [-0.2, 0) is 10.0 Å².